The average Bonchev–Trinajstić information content (AvgIpc) is 2.99. The van der Waals surface area contributed by atoms with E-state index in [0.29, 0.717) is 5.57 Å². The molecule has 2 rings (SSSR count). The molecular formula is C17H15Cl3F3N3O. The lowest BCUT2D eigenvalue weighted by molar-refractivity contribution is -0.275. The Kier molecular flexibility index (Phi) is 6.52. The molecule has 1 atom stereocenters. The highest BCUT2D eigenvalue weighted by Gasteiger charge is 2.62. The molecule has 0 saturated heterocycles. The molecule has 0 spiro atoms. The maximum Gasteiger partial charge on any atom is 0.435 e. The monoisotopic (exact) mass is 439 g/mol. The molecule has 1 aromatic carbocycles. The minimum atomic E-state index is -4.76. The van der Waals surface area contributed by atoms with E-state index in [1.165, 1.54) is 18.2 Å². The van der Waals surface area contributed by atoms with Crippen LogP contribution in [-0.2, 0) is 10.4 Å². The number of hydrogen-bond donors (Lipinski definition) is 2. The van der Waals surface area contributed by atoms with E-state index < -0.39 is 18.2 Å². The van der Waals surface area contributed by atoms with Gasteiger partial charge in [-0.05, 0) is 42.8 Å². The summed E-state index contributed by atoms with van der Waals surface area (Å²) in [5.41, 5.74) is 0.234. The maximum absolute atomic E-state index is 13.9. The zero-order valence-corrected chi connectivity index (χ0v) is 16.3. The quantitative estimate of drug-likeness (QED) is 0.357. The number of nitrogens with two attached hydrogens (primary N) is 1. The molecule has 10 heteroatoms. The molecule has 1 aliphatic rings. The molecule has 0 aromatic heterocycles. The molecule has 1 aliphatic heterocycles. The Morgan fingerprint density at radius 3 is 2.41 bits per heavy atom. The Morgan fingerprint density at radius 2 is 1.93 bits per heavy atom. The fraction of sp³-hybridized carbons (Fsp3) is 0.235. The van der Waals surface area contributed by atoms with Gasteiger partial charge in [-0.25, -0.2) is 0 Å². The van der Waals surface area contributed by atoms with Crippen molar-refractivity contribution in [3.63, 3.8) is 0 Å². The predicted molar refractivity (Wildman–Crippen MR) is 101 cm³/mol. The number of benzene rings is 1. The van der Waals surface area contributed by atoms with Gasteiger partial charge < -0.3 is 10.3 Å². The molecule has 1 unspecified atom stereocenters. The first kappa shape index (κ1) is 21.6. The third-order valence-corrected chi connectivity index (χ3v) is 4.71. The summed E-state index contributed by atoms with van der Waals surface area (Å²) in [6.45, 7) is 5.32. The van der Waals surface area contributed by atoms with Crippen molar-refractivity contribution in [2.24, 2.45) is 11.0 Å². The zero-order chi connectivity index (χ0) is 20.4. The van der Waals surface area contributed by atoms with Crippen LogP contribution in [0, 0.1) is 0 Å². The van der Waals surface area contributed by atoms with Crippen LogP contribution >= 0.6 is 34.8 Å². The van der Waals surface area contributed by atoms with Crippen LogP contribution in [-0.4, -0.2) is 11.9 Å². The summed E-state index contributed by atoms with van der Waals surface area (Å²) in [5, 5.41) is 3.91. The van der Waals surface area contributed by atoms with Crippen LogP contribution in [0.5, 0.6) is 0 Å². The number of nitrogens with zero attached hydrogens (tertiary/aromatic N) is 1. The van der Waals surface area contributed by atoms with Crippen LogP contribution in [0.15, 0.2) is 58.4 Å². The molecule has 4 nitrogen and oxygen atoms in total. The fourth-order valence-corrected chi connectivity index (χ4v) is 3.04. The summed E-state index contributed by atoms with van der Waals surface area (Å²) in [4.78, 5) is 4.86. The van der Waals surface area contributed by atoms with Gasteiger partial charge in [0.15, 0.2) is 0 Å². The van der Waals surface area contributed by atoms with Crippen LogP contribution in [0.1, 0.15) is 18.9 Å². The first-order valence-corrected chi connectivity index (χ1v) is 8.62. The van der Waals surface area contributed by atoms with E-state index in [1.54, 1.807) is 6.92 Å². The summed E-state index contributed by atoms with van der Waals surface area (Å²) >= 11 is 17.7. The number of hydrazine groups is 1. The van der Waals surface area contributed by atoms with Gasteiger partial charge in [-0.1, -0.05) is 46.5 Å². The highest BCUT2D eigenvalue weighted by atomic mass is 35.5. The van der Waals surface area contributed by atoms with Gasteiger partial charge in [-0.3, -0.25) is 5.84 Å². The predicted octanol–water partition coefficient (Wildman–Crippen LogP) is 5.57. The van der Waals surface area contributed by atoms with Gasteiger partial charge in [0.2, 0.25) is 0 Å². The van der Waals surface area contributed by atoms with Crippen molar-refractivity contribution in [3.05, 3.63) is 68.8 Å². The lowest BCUT2D eigenvalue weighted by atomic mass is 9.88. The molecule has 0 fully saturated rings. The van der Waals surface area contributed by atoms with Crippen molar-refractivity contribution in [1.82, 2.24) is 5.43 Å². The van der Waals surface area contributed by atoms with E-state index in [-0.39, 0.29) is 32.0 Å². The fourth-order valence-electron chi connectivity index (χ4n) is 2.40. The third-order valence-electron chi connectivity index (χ3n) is 3.74. The van der Waals surface area contributed by atoms with E-state index in [9.17, 15) is 13.2 Å². The van der Waals surface area contributed by atoms with Crippen LogP contribution in [0.2, 0.25) is 10.0 Å². The first-order valence-electron chi connectivity index (χ1n) is 7.49. The van der Waals surface area contributed by atoms with Crippen molar-refractivity contribution in [2.75, 3.05) is 0 Å². The molecule has 1 aromatic rings. The normalized spacial score (nSPS) is 21.0. The topological polar surface area (TPSA) is 59.6 Å². The smallest absolute Gasteiger partial charge is 0.374 e. The van der Waals surface area contributed by atoms with Gasteiger partial charge >= 0.3 is 6.18 Å². The first-order chi connectivity index (χ1) is 12.5. The number of rotatable bonds is 5. The molecule has 27 heavy (non-hydrogen) atoms. The Labute approximate surface area is 169 Å². The number of allylic oxidation sites excluding steroid dienone is 4. The third kappa shape index (κ3) is 4.60. The van der Waals surface area contributed by atoms with Crippen molar-refractivity contribution in [2.45, 2.75) is 25.1 Å². The second kappa shape index (κ2) is 8.14. The molecule has 0 saturated carbocycles. The lowest BCUT2D eigenvalue weighted by Crippen LogP contribution is -2.42. The standard InChI is InChI=1S/C17H15Cl3F3N3O/c1-9(2)15(20)14(25-24)4-3-13-8-16(27-26-13,17(21,22)23)10-5-11(18)7-12(19)6-10/h3-7,25H,1,8,24H2,2H3/b4-3+,15-14-. The van der Waals surface area contributed by atoms with Crippen LogP contribution in [0.4, 0.5) is 13.2 Å². The summed E-state index contributed by atoms with van der Waals surface area (Å²) in [5.74, 6) is 5.38. The minimum Gasteiger partial charge on any atom is -0.374 e. The van der Waals surface area contributed by atoms with Crippen molar-refractivity contribution >= 4 is 40.5 Å². The van der Waals surface area contributed by atoms with E-state index in [4.69, 9.17) is 45.5 Å². The van der Waals surface area contributed by atoms with Gasteiger partial charge in [0.05, 0.1) is 16.4 Å². The summed E-state index contributed by atoms with van der Waals surface area (Å²) in [6, 6.07) is 3.62. The summed E-state index contributed by atoms with van der Waals surface area (Å²) < 4.78 is 41.6. The summed E-state index contributed by atoms with van der Waals surface area (Å²) in [7, 11) is 0. The van der Waals surface area contributed by atoms with Crippen molar-refractivity contribution in [1.29, 1.82) is 0 Å². The van der Waals surface area contributed by atoms with E-state index in [0.717, 1.165) is 12.1 Å². The van der Waals surface area contributed by atoms with Gasteiger partial charge in [0, 0.05) is 22.0 Å². The highest BCUT2D eigenvalue weighted by molar-refractivity contribution is 6.34. The van der Waals surface area contributed by atoms with Gasteiger partial charge in [0.1, 0.15) is 0 Å². The van der Waals surface area contributed by atoms with Crippen LogP contribution < -0.4 is 11.3 Å². The van der Waals surface area contributed by atoms with Crippen LogP contribution in [0.25, 0.3) is 0 Å². The Hall–Kier alpha value is -1.67. The van der Waals surface area contributed by atoms with Crippen LogP contribution in [0.3, 0.4) is 0 Å². The Bertz CT molecular complexity index is 829. The van der Waals surface area contributed by atoms with E-state index in [1.807, 2.05) is 0 Å². The van der Waals surface area contributed by atoms with Gasteiger partial charge in [0.25, 0.3) is 5.60 Å². The molecular weight excluding hydrogens is 426 g/mol. The molecule has 0 radical (unpaired) electrons. The number of oxime groups is 1. The van der Waals surface area contributed by atoms with Gasteiger partial charge in [-0.2, -0.15) is 13.2 Å². The average molecular weight is 441 g/mol. The molecule has 3 N–H and O–H groups in total. The number of halogens is 6. The Balaban J connectivity index is 2.38. The number of alkyl halides is 3. The lowest BCUT2D eigenvalue weighted by Gasteiger charge is -2.29. The Morgan fingerprint density at radius 1 is 1.33 bits per heavy atom. The number of nitrogens with one attached hydrogen (secondary N) is 1. The SMILES string of the molecule is C=C(C)/C(Cl)=C(\C=C\C1=NOC(c2cc(Cl)cc(Cl)c2)(C(F)(F)F)C1)NN. The van der Waals surface area contributed by atoms with Gasteiger partial charge in [-0.15, -0.1) is 0 Å². The second-order valence-corrected chi connectivity index (χ2v) is 7.07. The molecule has 1 heterocycles. The largest absolute Gasteiger partial charge is 0.435 e. The second-order valence-electron chi connectivity index (χ2n) is 5.82. The van der Waals surface area contributed by atoms with E-state index in [2.05, 4.69) is 17.2 Å². The maximum atomic E-state index is 13.9. The molecule has 0 bridgehead atoms. The van der Waals surface area contributed by atoms with Crippen molar-refractivity contribution < 1.29 is 18.0 Å². The summed E-state index contributed by atoms with van der Waals surface area (Å²) in [6.07, 6.45) is -2.64. The molecule has 0 amide bonds. The highest BCUT2D eigenvalue weighted by Crippen LogP contribution is 2.49. The zero-order valence-electron chi connectivity index (χ0n) is 14.0. The molecule has 146 valence electrons. The molecule has 0 aliphatic carbocycles. The minimum absolute atomic E-state index is 0.0300. The van der Waals surface area contributed by atoms with Crippen molar-refractivity contribution in [3.8, 4) is 0 Å². The van der Waals surface area contributed by atoms with E-state index >= 15 is 0 Å². The number of hydrogen-bond acceptors (Lipinski definition) is 4.